The fourth-order valence-electron chi connectivity index (χ4n) is 1.64. The minimum atomic E-state index is -0.918. The molecule has 1 fully saturated rings. The molecule has 2 N–H and O–H groups in total. The summed E-state index contributed by atoms with van der Waals surface area (Å²) in [5.41, 5.74) is -0.930. The van der Waals surface area contributed by atoms with Crippen molar-refractivity contribution in [3.05, 3.63) is 34.1 Å². The normalized spacial score (nSPS) is 16.1. The van der Waals surface area contributed by atoms with Crippen LogP contribution in [0.1, 0.15) is 23.2 Å². The molecule has 4 nitrogen and oxygen atoms in total. The van der Waals surface area contributed by atoms with Crippen LogP contribution in [0.25, 0.3) is 0 Å². The molecule has 1 amide bonds. The summed E-state index contributed by atoms with van der Waals surface area (Å²) in [6.45, 7) is 0.0384. The Labute approximate surface area is 111 Å². The zero-order valence-electron chi connectivity index (χ0n) is 9.37. The molecule has 0 heterocycles. The van der Waals surface area contributed by atoms with E-state index in [1.807, 2.05) is 0 Å². The summed E-state index contributed by atoms with van der Waals surface area (Å²) in [5, 5.41) is 11.4. The lowest BCUT2D eigenvalue weighted by Gasteiger charge is -2.11. The maximum Gasteiger partial charge on any atom is 0.311 e. The molecule has 0 spiro atoms. The molecule has 0 radical (unpaired) electrons. The van der Waals surface area contributed by atoms with Gasteiger partial charge in [0.1, 0.15) is 5.82 Å². The SMILES string of the molecule is O=C(NCC1(C(=O)O)CC1)c1ccc(Br)cc1F. The number of carbonyl (C=O) groups is 2. The number of amides is 1. The summed E-state index contributed by atoms with van der Waals surface area (Å²) in [7, 11) is 0. The number of benzene rings is 1. The van der Waals surface area contributed by atoms with Crippen molar-refractivity contribution >= 4 is 27.8 Å². The Kier molecular flexibility index (Phi) is 3.38. The van der Waals surface area contributed by atoms with Crippen molar-refractivity contribution in [3.8, 4) is 0 Å². The molecule has 0 aromatic heterocycles. The molecule has 1 saturated carbocycles. The summed E-state index contributed by atoms with van der Waals surface area (Å²) < 4.78 is 14.0. The molecular weight excluding hydrogens is 305 g/mol. The highest BCUT2D eigenvalue weighted by atomic mass is 79.9. The maximum atomic E-state index is 13.5. The third kappa shape index (κ3) is 2.53. The fourth-order valence-corrected chi connectivity index (χ4v) is 1.97. The Bertz CT molecular complexity index is 514. The first-order valence-corrected chi connectivity index (χ1v) is 6.21. The average Bonchev–Trinajstić information content (AvgIpc) is 3.07. The van der Waals surface area contributed by atoms with Crippen molar-refractivity contribution in [3.63, 3.8) is 0 Å². The lowest BCUT2D eigenvalue weighted by molar-refractivity contribution is -0.143. The van der Waals surface area contributed by atoms with Crippen LogP contribution in [0.3, 0.4) is 0 Å². The van der Waals surface area contributed by atoms with Crippen LogP contribution >= 0.6 is 15.9 Å². The van der Waals surface area contributed by atoms with Gasteiger partial charge < -0.3 is 10.4 Å². The van der Waals surface area contributed by atoms with Crippen molar-refractivity contribution in [1.29, 1.82) is 0 Å². The molecule has 18 heavy (non-hydrogen) atoms. The van der Waals surface area contributed by atoms with E-state index in [-0.39, 0.29) is 12.1 Å². The highest BCUT2D eigenvalue weighted by Crippen LogP contribution is 2.45. The van der Waals surface area contributed by atoms with Crippen LogP contribution in [0.4, 0.5) is 4.39 Å². The molecule has 0 unspecified atom stereocenters. The molecule has 96 valence electrons. The second-order valence-corrected chi connectivity index (χ2v) is 5.31. The highest BCUT2D eigenvalue weighted by Gasteiger charge is 2.50. The number of hydrogen-bond acceptors (Lipinski definition) is 2. The predicted molar refractivity (Wildman–Crippen MR) is 65.7 cm³/mol. The minimum Gasteiger partial charge on any atom is -0.481 e. The van der Waals surface area contributed by atoms with Crippen molar-refractivity contribution in [1.82, 2.24) is 5.32 Å². The van der Waals surface area contributed by atoms with E-state index in [9.17, 15) is 14.0 Å². The zero-order valence-corrected chi connectivity index (χ0v) is 11.0. The van der Waals surface area contributed by atoms with Gasteiger partial charge in [0, 0.05) is 11.0 Å². The van der Waals surface area contributed by atoms with E-state index in [0.29, 0.717) is 17.3 Å². The van der Waals surface area contributed by atoms with Gasteiger partial charge in [-0.25, -0.2) is 4.39 Å². The standard InChI is InChI=1S/C12H11BrFNO3/c13-7-1-2-8(9(14)5-7)10(16)15-6-12(3-4-12)11(17)18/h1-2,5H,3-4,6H2,(H,15,16)(H,17,18). The third-order valence-corrected chi connectivity index (χ3v) is 3.56. The van der Waals surface area contributed by atoms with Gasteiger partial charge in [-0.05, 0) is 31.0 Å². The summed E-state index contributed by atoms with van der Waals surface area (Å²) >= 11 is 3.10. The van der Waals surface area contributed by atoms with E-state index in [2.05, 4.69) is 21.2 Å². The smallest absolute Gasteiger partial charge is 0.311 e. The molecule has 0 aliphatic heterocycles. The third-order valence-electron chi connectivity index (χ3n) is 3.07. The Balaban J connectivity index is 2.02. The first-order chi connectivity index (χ1) is 8.44. The number of halogens is 2. The molecular formula is C12H11BrFNO3. The lowest BCUT2D eigenvalue weighted by atomic mass is 10.1. The number of carbonyl (C=O) groups excluding carboxylic acids is 1. The van der Waals surface area contributed by atoms with E-state index in [0.717, 1.165) is 0 Å². The van der Waals surface area contributed by atoms with Crippen LogP contribution in [0.5, 0.6) is 0 Å². The van der Waals surface area contributed by atoms with Gasteiger partial charge in [-0.1, -0.05) is 15.9 Å². The van der Waals surface area contributed by atoms with Crippen LogP contribution in [0.15, 0.2) is 22.7 Å². The van der Waals surface area contributed by atoms with Gasteiger partial charge in [-0.3, -0.25) is 9.59 Å². The lowest BCUT2D eigenvalue weighted by Crippen LogP contribution is -2.34. The zero-order chi connectivity index (χ0) is 13.3. The Morgan fingerprint density at radius 3 is 2.61 bits per heavy atom. The molecule has 1 aromatic carbocycles. The second-order valence-electron chi connectivity index (χ2n) is 4.39. The molecule has 1 aromatic rings. The first kappa shape index (κ1) is 13.0. The van der Waals surface area contributed by atoms with E-state index >= 15 is 0 Å². The van der Waals surface area contributed by atoms with Gasteiger partial charge >= 0.3 is 5.97 Å². The molecule has 2 rings (SSSR count). The van der Waals surface area contributed by atoms with E-state index in [1.165, 1.54) is 12.1 Å². The topological polar surface area (TPSA) is 66.4 Å². The molecule has 0 atom stereocenters. The minimum absolute atomic E-state index is 0.0384. The van der Waals surface area contributed by atoms with Crippen molar-refractivity contribution in [2.45, 2.75) is 12.8 Å². The number of carboxylic acid groups (broad SMARTS) is 1. The molecule has 0 bridgehead atoms. The van der Waals surface area contributed by atoms with Gasteiger partial charge in [0.25, 0.3) is 5.91 Å². The van der Waals surface area contributed by atoms with Crippen LogP contribution < -0.4 is 5.32 Å². The van der Waals surface area contributed by atoms with Gasteiger partial charge in [-0.15, -0.1) is 0 Å². The summed E-state index contributed by atoms with van der Waals surface area (Å²) in [6.07, 6.45) is 1.09. The van der Waals surface area contributed by atoms with Gasteiger partial charge in [-0.2, -0.15) is 0 Å². The number of hydrogen-bond donors (Lipinski definition) is 2. The Morgan fingerprint density at radius 1 is 1.44 bits per heavy atom. The second kappa shape index (κ2) is 4.68. The first-order valence-electron chi connectivity index (χ1n) is 5.41. The van der Waals surface area contributed by atoms with Gasteiger partial charge in [0.15, 0.2) is 0 Å². The van der Waals surface area contributed by atoms with Crippen LogP contribution in [-0.2, 0) is 4.79 Å². The summed E-state index contributed by atoms with van der Waals surface area (Å²) in [6, 6.07) is 4.11. The maximum absolute atomic E-state index is 13.5. The van der Waals surface area contributed by atoms with Crippen molar-refractivity contribution in [2.75, 3.05) is 6.54 Å². The fraction of sp³-hybridized carbons (Fsp3) is 0.333. The van der Waals surface area contributed by atoms with Crippen LogP contribution in [-0.4, -0.2) is 23.5 Å². The summed E-state index contributed by atoms with van der Waals surface area (Å²) in [4.78, 5) is 22.6. The molecule has 0 saturated heterocycles. The van der Waals surface area contributed by atoms with Crippen LogP contribution in [0.2, 0.25) is 0 Å². The quantitative estimate of drug-likeness (QED) is 0.895. The van der Waals surface area contributed by atoms with E-state index < -0.39 is 23.1 Å². The molecule has 1 aliphatic rings. The highest BCUT2D eigenvalue weighted by molar-refractivity contribution is 9.10. The van der Waals surface area contributed by atoms with Crippen LogP contribution in [0, 0.1) is 11.2 Å². The Hall–Kier alpha value is -1.43. The Morgan fingerprint density at radius 2 is 2.11 bits per heavy atom. The van der Waals surface area contributed by atoms with E-state index in [1.54, 1.807) is 6.07 Å². The average molecular weight is 316 g/mol. The monoisotopic (exact) mass is 315 g/mol. The van der Waals surface area contributed by atoms with Gasteiger partial charge in [0.2, 0.25) is 0 Å². The number of nitrogens with one attached hydrogen (secondary N) is 1. The van der Waals surface area contributed by atoms with Crippen molar-refractivity contribution in [2.24, 2.45) is 5.41 Å². The molecule has 1 aliphatic carbocycles. The van der Waals surface area contributed by atoms with Crippen molar-refractivity contribution < 1.29 is 19.1 Å². The number of rotatable bonds is 4. The van der Waals surface area contributed by atoms with E-state index in [4.69, 9.17) is 5.11 Å². The number of aliphatic carboxylic acids is 1. The summed E-state index contributed by atoms with van der Waals surface area (Å²) in [5.74, 6) is -2.14. The largest absolute Gasteiger partial charge is 0.481 e. The molecule has 6 heteroatoms. The number of carboxylic acids is 1. The predicted octanol–water partition coefficient (Wildman–Crippen LogP) is 2.18. The van der Waals surface area contributed by atoms with Gasteiger partial charge in [0.05, 0.1) is 11.0 Å².